The molecular weight excluding hydrogens is 410 g/mol. The molecule has 4 aromatic rings. The number of fused-ring (bicyclic) bond motifs is 1. The number of hydrogen-bond acceptors (Lipinski definition) is 6. The Morgan fingerprint density at radius 3 is 2.72 bits per heavy atom. The highest BCUT2D eigenvalue weighted by molar-refractivity contribution is 7.90. The molecule has 8 nitrogen and oxygen atoms in total. The number of thiazole rings is 1. The Balaban J connectivity index is 1.39. The molecule has 29 heavy (non-hydrogen) atoms. The van der Waals surface area contributed by atoms with Gasteiger partial charge in [-0.15, -0.1) is 0 Å². The average molecular weight is 428 g/mol. The van der Waals surface area contributed by atoms with Crippen LogP contribution in [-0.4, -0.2) is 35.7 Å². The number of urea groups is 1. The first-order valence-corrected chi connectivity index (χ1v) is 11.3. The van der Waals surface area contributed by atoms with Crippen molar-refractivity contribution >= 4 is 42.6 Å². The van der Waals surface area contributed by atoms with Gasteiger partial charge in [-0.3, -0.25) is 5.32 Å². The number of carbonyl (C=O) groups is 1. The zero-order valence-corrected chi connectivity index (χ0v) is 17.0. The molecule has 148 valence electrons. The third-order valence-electron chi connectivity index (χ3n) is 4.14. The molecule has 0 bridgehead atoms. The standard InChI is InChI=1S/C19H17N5O3S2/c1-29(26,27)13-7-8-14-16(9-13)28-19(23-14)24-18(25)21-11-17-20-10-15(22-17)12-5-3-2-4-6-12/h2-10H,11H2,1H3,(H,20,22)(H2,21,23,24,25). The number of carbonyl (C=O) groups excluding carboxylic acids is 1. The van der Waals surface area contributed by atoms with E-state index < -0.39 is 15.9 Å². The van der Waals surface area contributed by atoms with Gasteiger partial charge in [-0.25, -0.2) is 23.2 Å². The van der Waals surface area contributed by atoms with Gasteiger partial charge in [-0.05, 0) is 23.8 Å². The van der Waals surface area contributed by atoms with Crippen LogP contribution in [0.25, 0.3) is 21.5 Å². The molecule has 0 saturated heterocycles. The third-order valence-corrected chi connectivity index (χ3v) is 6.18. The normalized spacial score (nSPS) is 11.5. The predicted molar refractivity (Wildman–Crippen MR) is 113 cm³/mol. The van der Waals surface area contributed by atoms with E-state index >= 15 is 0 Å². The quantitative estimate of drug-likeness (QED) is 0.451. The molecule has 2 amide bonds. The van der Waals surface area contributed by atoms with Gasteiger partial charge in [0.05, 0.1) is 33.5 Å². The smallest absolute Gasteiger partial charge is 0.321 e. The summed E-state index contributed by atoms with van der Waals surface area (Å²) in [4.78, 5) is 24.1. The lowest BCUT2D eigenvalue weighted by atomic mass is 10.2. The lowest BCUT2D eigenvalue weighted by Crippen LogP contribution is -2.28. The Morgan fingerprint density at radius 2 is 1.97 bits per heavy atom. The third kappa shape index (κ3) is 4.44. The summed E-state index contributed by atoms with van der Waals surface area (Å²) in [5.41, 5.74) is 2.51. The predicted octanol–water partition coefficient (Wildman–Crippen LogP) is 3.41. The fourth-order valence-electron chi connectivity index (χ4n) is 2.71. The number of rotatable bonds is 5. The van der Waals surface area contributed by atoms with Gasteiger partial charge >= 0.3 is 6.03 Å². The molecule has 4 rings (SSSR count). The maximum atomic E-state index is 12.2. The van der Waals surface area contributed by atoms with E-state index in [-0.39, 0.29) is 11.4 Å². The molecule has 0 aliphatic carbocycles. The number of hydrogen-bond donors (Lipinski definition) is 3. The van der Waals surface area contributed by atoms with Gasteiger partial charge < -0.3 is 10.3 Å². The van der Waals surface area contributed by atoms with E-state index in [0.29, 0.717) is 21.2 Å². The second kappa shape index (κ2) is 7.64. The van der Waals surface area contributed by atoms with Crippen LogP contribution in [0.2, 0.25) is 0 Å². The summed E-state index contributed by atoms with van der Waals surface area (Å²) in [5.74, 6) is 0.626. The second-order valence-corrected chi connectivity index (χ2v) is 9.38. The first-order chi connectivity index (χ1) is 13.9. The molecule has 0 aliphatic rings. The van der Waals surface area contributed by atoms with Crippen LogP contribution >= 0.6 is 11.3 Å². The minimum atomic E-state index is -3.30. The van der Waals surface area contributed by atoms with Gasteiger partial charge in [0.25, 0.3) is 0 Å². The van der Waals surface area contributed by atoms with Gasteiger partial charge in [0.1, 0.15) is 5.82 Å². The molecule has 0 fully saturated rings. The number of amides is 2. The summed E-state index contributed by atoms with van der Waals surface area (Å²) in [6.45, 7) is 0.224. The number of benzene rings is 2. The number of H-pyrrole nitrogens is 1. The van der Waals surface area contributed by atoms with Gasteiger partial charge in [0.2, 0.25) is 0 Å². The van der Waals surface area contributed by atoms with Crippen molar-refractivity contribution < 1.29 is 13.2 Å². The van der Waals surface area contributed by atoms with E-state index in [1.165, 1.54) is 17.4 Å². The molecule has 0 atom stereocenters. The number of anilines is 1. The first kappa shape index (κ1) is 19.1. The minimum Gasteiger partial charge on any atom is -0.341 e. The number of imidazole rings is 1. The number of nitrogens with one attached hydrogen (secondary N) is 3. The lowest BCUT2D eigenvalue weighted by Gasteiger charge is -2.03. The topological polar surface area (TPSA) is 117 Å². The van der Waals surface area contributed by atoms with E-state index in [2.05, 4.69) is 25.6 Å². The van der Waals surface area contributed by atoms with Crippen molar-refractivity contribution in [1.82, 2.24) is 20.3 Å². The van der Waals surface area contributed by atoms with E-state index in [1.54, 1.807) is 18.3 Å². The van der Waals surface area contributed by atoms with Crippen molar-refractivity contribution in [2.24, 2.45) is 0 Å². The summed E-state index contributed by atoms with van der Waals surface area (Å²) in [6.07, 6.45) is 2.87. The summed E-state index contributed by atoms with van der Waals surface area (Å²) in [7, 11) is -3.30. The Kier molecular flexibility index (Phi) is 5.03. The second-order valence-electron chi connectivity index (χ2n) is 6.34. The van der Waals surface area contributed by atoms with Gasteiger partial charge in [0, 0.05) is 6.26 Å². The summed E-state index contributed by atoms with van der Waals surface area (Å²) < 4.78 is 24.0. The zero-order valence-electron chi connectivity index (χ0n) is 15.3. The van der Waals surface area contributed by atoms with Crippen LogP contribution in [0.5, 0.6) is 0 Å². The van der Waals surface area contributed by atoms with Crippen molar-refractivity contribution in [3.8, 4) is 11.3 Å². The fourth-order valence-corrected chi connectivity index (χ4v) is 4.33. The maximum Gasteiger partial charge on any atom is 0.321 e. The Morgan fingerprint density at radius 1 is 1.17 bits per heavy atom. The van der Waals surface area contributed by atoms with E-state index in [0.717, 1.165) is 17.5 Å². The van der Waals surface area contributed by atoms with Crippen LogP contribution in [0.1, 0.15) is 5.82 Å². The van der Waals surface area contributed by atoms with Crippen molar-refractivity contribution in [3.05, 3.63) is 60.6 Å². The Hall–Kier alpha value is -3.24. The average Bonchev–Trinajstić information content (AvgIpc) is 3.32. The SMILES string of the molecule is CS(=O)(=O)c1ccc2nc(NC(=O)NCc3ncc(-c4ccccc4)[nH]3)sc2c1. The van der Waals surface area contributed by atoms with Crippen LogP contribution in [0, 0.1) is 0 Å². The molecule has 10 heteroatoms. The number of aromatic nitrogens is 3. The molecule has 2 aromatic carbocycles. The molecule has 0 saturated carbocycles. The van der Waals surface area contributed by atoms with Gasteiger partial charge in [-0.1, -0.05) is 41.7 Å². The van der Waals surface area contributed by atoms with Crippen molar-refractivity contribution in [3.63, 3.8) is 0 Å². The maximum absolute atomic E-state index is 12.2. The van der Waals surface area contributed by atoms with Crippen LogP contribution in [0.15, 0.2) is 59.6 Å². The molecular formula is C19H17N5O3S2. The highest BCUT2D eigenvalue weighted by Crippen LogP contribution is 2.28. The number of nitrogens with zero attached hydrogens (tertiary/aromatic N) is 2. The summed E-state index contributed by atoms with van der Waals surface area (Å²) in [5, 5.41) is 5.77. The number of sulfone groups is 1. The molecule has 2 aromatic heterocycles. The zero-order chi connectivity index (χ0) is 20.4. The van der Waals surface area contributed by atoms with Crippen molar-refractivity contribution in [2.75, 3.05) is 11.6 Å². The molecule has 2 heterocycles. The largest absolute Gasteiger partial charge is 0.341 e. The summed E-state index contributed by atoms with van der Waals surface area (Å²) in [6, 6.07) is 14.0. The Labute approximate surface area is 170 Å². The van der Waals surface area contributed by atoms with E-state index in [1.807, 2.05) is 30.3 Å². The van der Waals surface area contributed by atoms with Crippen LogP contribution in [-0.2, 0) is 16.4 Å². The highest BCUT2D eigenvalue weighted by Gasteiger charge is 2.12. The van der Waals surface area contributed by atoms with Crippen LogP contribution < -0.4 is 10.6 Å². The minimum absolute atomic E-state index is 0.219. The fraction of sp³-hybridized carbons (Fsp3) is 0.105. The highest BCUT2D eigenvalue weighted by atomic mass is 32.2. The van der Waals surface area contributed by atoms with E-state index in [9.17, 15) is 13.2 Å². The molecule has 3 N–H and O–H groups in total. The van der Waals surface area contributed by atoms with Gasteiger partial charge in [-0.2, -0.15) is 0 Å². The molecule has 0 aliphatic heterocycles. The summed E-state index contributed by atoms with van der Waals surface area (Å²) >= 11 is 1.21. The van der Waals surface area contributed by atoms with Crippen molar-refractivity contribution in [2.45, 2.75) is 11.4 Å². The van der Waals surface area contributed by atoms with Crippen LogP contribution in [0.3, 0.4) is 0 Å². The molecule has 0 radical (unpaired) electrons. The van der Waals surface area contributed by atoms with Crippen LogP contribution in [0.4, 0.5) is 9.93 Å². The molecule has 0 unspecified atom stereocenters. The Bertz CT molecular complexity index is 1280. The molecule has 0 spiro atoms. The van der Waals surface area contributed by atoms with Crippen molar-refractivity contribution in [1.29, 1.82) is 0 Å². The lowest BCUT2D eigenvalue weighted by molar-refractivity contribution is 0.251. The first-order valence-electron chi connectivity index (χ1n) is 8.63. The number of aromatic amines is 1. The van der Waals surface area contributed by atoms with Gasteiger partial charge in [0.15, 0.2) is 15.0 Å². The monoisotopic (exact) mass is 427 g/mol. The van der Waals surface area contributed by atoms with E-state index in [4.69, 9.17) is 0 Å².